The van der Waals surface area contributed by atoms with Crippen molar-refractivity contribution in [2.24, 2.45) is 11.8 Å². The summed E-state index contributed by atoms with van der Waals surface area (Å²) in [5.41, 5.74) is 0.876. The summed E-state index contributed by atoms with van der Waals surface area (Å²) < 4.78 is 6.04. The van der Waals surface area contributed by atoms with Gasteiger partial charge in [0.25, 0.3) is 0 Å². The van der Waals surface area contributed by atoms with Crippen LogP contribution in [0.5, 0.6) is 5.75 Å². The summed E-state index contributed by atoms with van der Waals surface area (Å²) in [4.78, 5) is 4.17. The van der Waals surface area contributed by atoms with Crippen LogP contribution in [-0.4, -0.2) is 11.1 Å². The molecule has 1 heterocycles. The second-order valence-corrected chi connectivity index (χ2v) is 5.54. The SMILES string of the molecule is CC1CC(C)CC(Oc2ccnc(CCl)c2)C1. The highest BCUT2D eigenvalue weighted by Gasteiger charge is 2.25. The summed E-state index contributed by atoms with van der Waals surface area (Å²) in [6.45, 7) is 4.62. The summed E-state index contributed by atoms with van der Waals surface area (Å²) in [7, 11) is 0. The standard InChI is InChI=1S/C14H20ClNO/c1-10-5-11(2)7-14(6-10)17-13-3-4-16-12(8-13)9-15/h3-4,8,10-11,14H,5-7,9H2,1-2H3. The van der Waals surface area contributed by atoms with Gasteiger partial charge in [0.1, 0.15) is 5.75 Å². The Morgan fingerprint density at radius 1 is 1.29 bits per heavy atom. The molecule has 0 spiro atoms. The van der Waals surface area contributed by atoms with Gasteiger partial charge < -0.3 is 4.74 Å². The zero-order valence-corrected chi connectivity index (χ0v) is 11.3. The highest BCUT2D eigenvalue weighted by molar-refractivity contribution is 6.16. The van der Waals surface area contributed by atoms with E-state index < -0.39 is 0 Å². The topological polar surface area (TPSA) is 22.1 Å². The van der Waals surface area contributed by atoms with Crippen LogP contribution < -0.4 is 4.74 Å². The number of nitrogens with zero attached hydrogens (tertiary/aromatic N) is 1. The molecule has 0 amide bonds. The van der Waals surface area contributed by atoms with Crippen molar-refractivity contribution in [1.82, 2.24) is 4.98 Å². The van der Waals surface area contributed by atoms with Crippen LogP contribution in [0.15, 0.2) is 18.3 Å². The number of rotatable bonds is 3. The second-order valence-electron chi connectivity index (χ2n) is 5.27. The normalized spacial score (nSPS) is 29.0. The fourth-order valence-corrected chi connectivity index (χ4v) is 2.91. The first-order valence-electron chi connectivity index (χ1n) is 6.35. The van der Waals surface area contributed by atoms with E-state index in [1.165, 1.54) is 6.42 Å². The van der Waals surface area contributed by atoms with Gasteiger partial charge in [-0.1, -0.05) is 13.8 Å². The van der Waals surface area contributed by atoms with Crippen molar-refractivity contribution < 1.29 is 4.74 Å². The number of aromatic nitrogens is 1. The van der Waals surface area contributed by atoms with Gasteiger partial charge in [0.2, 0.25) is 0 Å². The molecule has 17 heavy (non-hydrogen) atoms. The van der Waals surface area contributed by atoms with Crippen molar-refractivity contribution in [3.63, 3.8) is 0 Å². The Labute approximate surface area is 108 Å². The maximum atomic E-state index is 6.04. The molecule has 0 aromatic carbocycles. The van der Waals surface area contributed by atoms with Crippen molar-refractivity contribution in [3.8, 4) is 5.75 Å². The van der Waals surface area contributed by atoms with Crippen LogP contribution in [0, 0.1) is 11.8 Å². The summed E-state index contributed by atoms with van der Waals surface area (Å²) >= 11 is 5.77. The van der Waals surface area contributed by atoms with Gasteiger partial charge in [-0.2, -0.15) is 0 Å². The zero-order valence-electron chi connectivity index (χ0n) is 10.5. The molecule has 2 nitrogen and oxygen atoms in total. The van der Waals surface area contributed by atoms with E-state index in [1.807, 2.05) is 12.1 Å². The molecule has 2 unspecified atom stereocenters. The molecule has 1 aromatic rings. The molecule has 1 saturated carbocycles. The first-order valence-corrected chi connectivity index (χ1v) is 6.88. The van der Waals surface area contributed by atoms with E-state index in [2.05, 4.69) is 18.8 Å². The molecule has 1 fully saturated rings. The molecule has 2 rings (SSSR count). The molecule has 2 atom stereocenters. The molecular formula is C14H20ClNO. The fourth-order valence-electron chi connectivity index (χ4n) is 2.76. The van der Waals surface area contributed by atoms with E-state index in [-0.39, 0.29) is 0 Å². The third-order valence-corrected chi connectivity index (χ3v) is 3.64. The van der Waals surface area contributed by atoms with Crippen molar-refractivity contribution in [2.45, 2.75) is 45.1 Å². The Bertz CT molecular complexity index is 359. The van der Waals surface area contributed by atoms with Gasteiger partial charge in [-0.3, -0.25) is 4.98 Å². The van der Waals surface area contributed by atoms with Gasteiger partial charge in [-0.05, 0) is 37.2 Å². The minimum atomic E-state index is 0.347. The molecule has 0 N–H and O–H groups in total. The number of pyridine rings is 1. The maximum absolute atomic E-state index is 6.04. The maximum Gasteiger partial charge on any atom is 0.123 e. The van der Waals surface area contributed by atoms with Crippen LogP contribution in [-0.2, 0) is 5.88 Å². The van der Waals surface area contributed by atoms with Crippen molar-refractivity contribution in [3.05, 3.63) is 24.0 Å². The zero-order chi connectivity index (χ0) is 12.3. The Morgan fingerprint density at radius 3 is 2.65 bits per heavy atom. The van der Waals surface area contributed by atoms with Crippen LogP contribution in [0.1, 0.15) is 38.8 Å². The Kier molecular flexibility index (Phi) is 4.27. The predicted octanol–water partition coefficient (Wildman–Crippen LogP) is 4.02. The van der Waals surface area contributed by atoms with E-state index in [0.717, 1.165) is 36.1 Å². The van der Waals surface area contributed by atoms with Crippen molar-refractivity contribution in [2.75, 3.05) is 0 Å². The first kappa shape index (κ1) is 12.7. The van der Waals surface area contributed by atoms with Crippen LogP contribution in [0.2, 0.25) is 0 Å². The molecule has 0 bridgehead atoms. The summed E-state index contributed by atoms with van der Waals surface area (Å²) in [5, 5.41) is 0. The van der Waals surface area contributed by atoms with Crippen LogP contribution in [0.3, 0.4) is 0 Å². The number of alkyl halides is 1. The minimum absolute atomic E-state index is 0.347. The van der Waals surface area contributed by atoms with E-state index in [4.69, 9.17) is 16.3 Å². The van der Waals surface area contributed by atoms with E-state index in [0.29, 0.717) is 12.0 Å². The number of halogens is 1. The lowest BCUT2D eigenvalue weighted by Gasteiger charge is -2.31. The highest BCUT2D eigenvalue weighted by Crippen LogP contribution is 2.31. The van der Waals surface area contributed by atoms with E-state index in [9.17, 15) is 0 Å². The van der Waals surface area contributed by atoms with Gasteiger partial charge in [0, 0.05) is 12.3 Å². The van der Waals surface area contributed by atoms with Gasteiger partial charge in [-0.25, -0.2) is 0 Å². The number of ether oxygens (including phenoxy) is 1. The highest BCUT2D eigenvalue weighted by atomic mass is 35.5. The summed E-state index contributed by atoms with van der Waals surface area (Å²) in [5.74, 6) is 2.87. The third-order valence-electron chi connectivity index (χ3n) is 3.36. The molecule has 1 aliphatic carbocycles. The smallest absolute Gasteiger partial charge is 0.123 e. The Hall–Kier alpha value is -0.760. The van der Waals surface area contributed by atoms with Gasteiger partial charge in [0.15, 0.2) is 0 Å². The molecular weight excluding hydrogens is 234 g/mol. The van der Waals surface area contributed by atoms with Crippen LogP contribution in [0.25, 0.3) is 0 Å². The summed E-state index contributed by atoms with van der Waals surface area (Å²) in [6.07, 6.45) is 5.75. The van der Waals surface area contributed by atoms with Gasteiger partial charge >= 0.3 is 0 Å². The van der Waals surface area contributed by atoms with Crippen LogP contribution >= 0.6 is 11.6 Å². The quantitative estimate of drug-likeness (QED) is 0.759. The second kappa shape index (κ2) is 5.72. The average Bonchev–Trinajstić information content (AvgIpc) is 2.28. The van der Waals surface area contributed by atoms with Crippen molar-refractivity contribution >= 4 is 11.6 Å². The van der Waals surface area contributed by atoms with E-state index in [1.54, 1.807) is 6.20 Å². The number of hydrogen-bond acceptors (Lipinski definition) is 2. The molecule has 3 heteroatoms. The molecule has 94 valence electrons. The third kappa shape index (κ3) is 3.60. The van der Waals surface area contributed by atoms with Crippen molar-refractivity contribution in [1.29, 1.82) is 0 Å². The van der Waals surface area contributed by atoms with Gasteiger partial charge in [0.05, 0.1) is 17.7 Å². The van der Waals surface area contributed by atoms with E-state index >= 15 is 0 Å². The fraction of sp³-hybridized carbons (Fsp3) is 0.643. The van der Waals surface area contributed by atoms with Crippen LogP contribution in [0.4, 0.5) is 0 Å². The lowest BCUT2D eigenvalue weighted by molar-refractivity contribution is 0.101. The lowest BCUT2D eigenvalue weighted by Crippen LogP contribution is -2.28. The Morgan fingerprint density at radius 2 is 2.00 bits per heavy atom. The molecule has 1 aliphatic rings. The first-order chi connectivity index (χ1) is 8.17. The monoisotopic (exact) mass is 253 g/mol. The Balaban J connectivity index is 1.99. The largest absolute Gasteiger partial charge is 0.490 e. The average molecular weight is 254 g/mol. The lowest BCUT2D eigenvalue weighted by atomic mass is 9.82. The minimum Gasteiger partial charge on any atom is -0.490 e. The number of hydrogen-bond donors (Lipinski definition) is 0. The molecule has 0 saturated heterocycles. The molecule has 1 aromatic heterocycles. The molecule has 0 aliphatic heterocycles. The molecule has 0 radical (unpaired) electrons. The van der Waals surface area contributed by atoms with Gasteiger partial charge in [-0.15, -0.1) is 11.6 Å². The predicted molar refractivity (Wildman–Crippen MR) is 70.4 cm³/mol. The summed E-state index contributed by atoms with van der Waals surface area (Å²) in [6, 6.07) is 3.86.